The number of H-pyrrole nitrogens is 1. The van der Waals surface area contributed by atoms with E-state index in [4.69, 9.17) is 10.5 Å². The Morgan fingerprint density at radius 1 is 1.44 bits per heavy atom. The average molecular weight is 243 g/mol. The van der Waals surface area contributed by atoms with Crippen LogP contribution in [-0.4, -0.2) is 17.1 Å². The quantitative estimate of drug-likeness (QED) is 0.796. The van der Waals surface area contributed by atoms with Gasteiger partial charge in [0, 0.05) is 17.8 Å². The molecule has 1 aliphatic carbocycles. The van der Waals surface area contributed by atoms with Gasteiger partial charge in [0.05, 0.1) is 19.1 Å². The second-order valence-corrected chi connectivity index (χ2v) is 4.70. The van der Waals surface area contributed by atoms with Crippen LogP contribution in [0.2, 0.25) is 0 Å². The normalized spacial score (nSPS) is 18.4. The Morgan fingerprint density at radius 3 is 3.06 bits per heavy atom. The lowest BCUT2D eigenvalue weighted by Gasteiger charge is -2.26. The standard InChI is InChI=1S/C14H17N3O/c1-18-13-6-5-9-10(12-7-16-8-17-12)3-2-4-11(9)14(13)15/h5-8,10H,2-4,15H2,1H3,(H,16,17). The summed E-state index contributed by atoms with van der Waals surface area (Å²) in [6, 6.07) is 4.10. The summed E-state index contributed by atoms with van der Waals surface area (Å²) >= 11 is 0. The second-order valence-electron chi connectivity index (χ2n) is 4.70. The molecular formula is C14H17N3O. The van der Waals surface area contributed by atoms with Gasteiger partial charge in [0.2, 0.25) is 0 Å². The molecule has 0 fully saturated rings. The third kappa shape index (κ3) is 1.65. The van der Waals surface area contributed by atoms with Gasteiger partial charge in [0.15, 0.2) is 0 Å². The van der Waals surface area contributed by atoms with Crippen LogP contribution in [0.25, 0.3) is 0 Å². The predicted octanol–water partition coefficient (Wildman–Crippen LogP) is 2.47. The molecule has 1 atom stereocenters. The highest BCUT2D eigenvalue weighted by Gasteiger charge is 2.25. The lowest BCUT2D eigenvalue weighted by atomic mass is 9.80. The van der Waals surface area contributed by atoms with E-state index in [9.17, 15) is 0 Å². The first-order valence-corrected chi connectivity index (χ1v) is 6.24. The molecule has 0 aliphatic heterocycles. The van der Waals surface area contributed by atoms with E-state index in [0.717, 1.165) is 30.7 Å². The van der Waals surface area contributed by atoms with Crippen molar-refractivity contribution in [2.24, 2.45) is 0 Å². The minimum atomic E-state index is 0.379. The van der Waals surface area contributed by atoms with E-state index < -0.39 is 0 Å². The number of imidazole rings is 1. The maximum Gasteiger partial charge on any atom is 0.142 e. The van der Waals surface area contributed by atoms with Gasteiger partial charge in [-0.1, -0.05) is 6.07 Å². The summed E-state index contributed by atoms with van der Waals surface area (Å²) in [7, 11) is 1.66. The maximum absolute atomic E-state index is 6.18. The molecule has 4 heteroatoms. The van der Waals surface area contributed by atoms with Crippen LogP contribution in [0.3, 0.4) is 0 Å². The Balaban J connectivity index is 2.09. The van der Waals surface area contributed by atoms with E-state index in [2.05, 4.69) is 16.0 Å². The zero-order chi connectivity index (χ0) is 12.5. The first-order chi connectivity index (χ1) is 8.81. The number of nitrogens with two attached hydrogens (primary N) is 1. The number of benzene rings is 1. The van der Waals surface area contributed by atoms with Crippen LogP contribution >= 0.6 is 0 Å². The molecule has 0 bridgehead atoms. The van der Waals surface area contributed by atoms with E-state index in [1.807, 2.05) is 12.3 Å². The average Bonchev–Trinajstić information content (AvgIpc) is 2.92. The minimum absolute atomic E-state index is 0.379. The monoisotopic (exact) mass is 243 g/mol. The predicted molar refractivity (Wildman–Crippen MR) is 70.8 cm³/mol. The number of nitrogens with zero attached hydrogens (tertiary/aromatic N) is 1. The van der Waals surface area contributed by atoms with E-state index in [1.54, 1.807) is 13.4 Å². The number of hydrogen-bond acceptors (Lipinski definition) is 3. The number of aromatic amines is 1. The van der Waals surface area contributed by atoms with Crippen molar-refractivity contribution in [3.63, 3.8) is 0 Å². The van der Waals surface area contributed by atoms with Gasteiger partial charge in [0.1, 0.15) is 5.75 Å². The van der Waals surface area contributed by atoms with Crippen molar-refractivity contribution in [1.82, 2.24) is 9.97 Å². The maximum atomic E-state index is 6.18. The zero-order valence-corrected chi connectivity index (χ0v) is 10.4. The van der Waals surface area contributed by atoms with Crippen molar-refractivity contribution >= 4 is 5.69 Å². The summed E-state index contributed by atoms with van der Waals surface area (Å²) in [5.41, 5.74) is 10.7. The van der Waals surface area contributed by atoms with Gasteiger partial charge in [-0.15, -0.1) is 0 Å². The highest BCUT2D eigenvalue weighted by Crippen LogP contribution is 2.41. The zero-order valence-electron chi connectivity index (χ0n) is 10.4. The van der Waals surface area contributed by atoms with Crippen LogP contribution in [0.1, 0.15) is 35.6 Å². The smallest absolute Gasteiger partial charge is 0.142 e. The Bertz CT molecular complexity index is 548. The van der Waals surface area contributed by atoms with Crippen molar-refractivity contribution in [2.45, 2.75) is 25.2 Å². The Kier molecular flexibility index (Phi) is 2.70. The number of anilines is 1. The van der Waals surface area contributed by atoms with Crippen LogP contribution in [0, 0.1) is 0 Å². The summed E-state index contributed by atoms with van der Waals surface area (Å²) < 4.78 is 5.29. The molecular weight excluding hydrogens is 226 g/mol. The molecule has 1 aromatic heterocycles. The molecule has 0 saturated carbocycles. The fraction of sp³-hybridized carbons (Fsp3) is 0.357. The van der Waals surface area contributed by atoms with Crippen molar-refractivity contribution < 1.29 is 4.74 Å². The third-order valence-electron chi connectivity index (χ3n) is 3.76. The van der Waals surface area contributed by atoms with Crippen molar-refractivity contribution in [1.29, 1.82) is 0 Å². The van der Waals surface area contributed by atoms with Crippen LogP contribution in [-0.2, 0) is 6.42 Å². The van der Waals surface area contributed by atoms with Crippen LogP contribution in [0.5, 0.6) is 5.75 Å². The number of nitrogens with one attached hydrogen (secondary N) is 1. The lowest BCUT2D eigenvalue weighted by molar-refractivity contribution is 0.415. The highest BCUT2D eigenvalue weighted by molar-refractivity contribution is 5.63. The second kappa shape index (κ2) is 4.37. The van der Waals surface area contributed by atoms with Gasteiger partial charge >= 0.3 is 0 Å². The molecule has 3 N–H and O–H groups in total. The molecule has 1 aliphatic rings. The van der Waals surface area contributed by atoms with Crippen molar-refractivity contribution in [2.75, 3.05) is 12.8 Å². The molecule has 3 rings (SSSR count). The van der Waals surface area contributed by atoms with Crippen LogP contribution in [0.15, 0.2) is 24.7 Å². The van der Waals surface area contributed by atoms with Crippen LogP contribution in [0.4, 0.5) is 5.69 Å². The Hall–Kier alpha value is -1.97. The number of methoxy groups -OCH3 is 1. The van der Waals surface area contributed by atoms with Gasteiger partial charge in [-0.2, -0.15) is 0 Å². The number of fused-ring (bicyclic) bond motifs is 1. The van der Waals surface area contributed by atoms with Crippen molar-refractivity contribution in [3.05, 3.63) is 41.5 Å². The van der Waals surface area contributed by atoms with E-state index in [1.165, 1.54) is 16.8 Å². The highest BCUT2D eigenvalue weighted by atomic mass is 16.5. The van der Waals surface area contributed by atoms with E-state index >= 15 is 0 Å². The number of ether oxygens (including phenoxy) is 1. The fourth-order valence-corrected chi connectivity index (χ4v) is 2.86. The summed E-state index contributed by atoms with van der Waals surface area (Å²) in [6.45, 7) is 0. The number of aromatic nitrogens is 2. The molecule has 0 radical (unpaired) electrons. The number of nitrogen functional groups attached to an aromatic ring is 1. The van der Waals surface area contributed by atoms with E-state index in [0.29, 0.717) is 5.92 Å². The Labute approximate surface area is 106 Å². The summed E-state index contributed by atoms with van der Waals surface area (Å²) in [5.74, 6) is 1.16. The summed E-state index contributed by atoms with van der Waals surface area (Å²) in [5, 5.41) is 0. The fourth-order valence-electron chi connectivity index (χ4n) is 2.86. The number of rotatable bonds is 2. The molecule has 4 nitrogen and oxygen atoms in total. The molecule has 0 spiro atoms. The molecule has 1 heterocycles. The van der Waals surface area contributed by atoms with Gasteiger partial charge in [0.25, 0.3) is 0 Å². The third-order valence-corrected chi connectivity index (χ3v) is 3.76. The lowest BCUT2D eigenvalue weighted by Crippen LogP contribution is -2.14. The minimum Gasteiger partial charge on any atom is -0.495 e. The van der Waals surface area contributed by atoms with Gasteiger partial charge in [-0.05, 0) is 36.5 Å². The number of hydrogen-bond donors (Lipinski definition) is 2. The summed E-state index contributed by atoms with van der Waals surface area (Å²) in [4.78, 5) is 7.33. The molecule has 2 aromatic rings. The first kappa shape index (κ1) is 11.1. The first-order valence-electron chi connectivity index (χ1n) is 6.24. The topological polar surface area (TPSA) is 63.9 Å². The Morgan fingerprint density at radius 2 is 2.33 bits per heavy atom. The van der Waals surface area contributed by atoms with Crippen molar-refractivity contribution in [3.8, 4) is 5.75 Å². The SMILES string of the molecule is COc1ccc2c(c1N)CCCC2c1cnc[nH]1. The molecule has 0 amide bonds. The molecule has 18 heavy (non-hydrogen) atoms. The van der Waals surface area contributed by atoms with Gasteiger partial charge in [-0.25, -0.2) is 4.98 Å². The molecule has 1 aromatic carbocycles. The van der Waals surface area contributed by atoms with E-state index in [-0.39, 0.29) is 0 Å². The van der Waals surface area contributed by atoms with Gasteiger partial charge in [-0.3, -0.25) is 0 Å². The van der Waals surface area contributed by atoms with Gasteiger partial charge < -0.3 is 15.5 Å². The summed E-state index contributed by atoms with van der Waals surface area (Å²) in [6.07, 6.45) is 6.95. The molecule has 94 valence electrons. The molecule has 0 saturated heterocycles. The largest absolute Gasteiger partial charge is 0.495 e. The van der Waals surface area contributed by atoms with Crippen LogP contribution < -0.4 is 10.5 Å². The molecule has 1 unspecified atom stereocenters.